The summed E-state index contributed by atoms with van der Waals surface area (Å²) in [4.78, 5) is 2.09. The second kappa shape index (κ2) is 4.52. The molecule has 0 bridgehead atoms. The molecule has 2 aliphatic rings. The molecule has 2 atom stereocenters. The minimum Gasteiger partial charge on any atom is -0.497 e. The number of rotatable bonds is 2. The number of methoxy groups -OCH3 is 1. The van der Waals surface area contributed by atoms with E-state index in [0.29, 0.717) is 12.1 Å². The van der Waals surface area contributed by atoms with E-state index in [2.05, 4.69) is 11.0 Å². The van der Waals surface area contributed by atoms with E-state index < -0.39 is 0 Å². The van der Waals surface area contributed by atoms with Crippen molar-refractivity contribution in [1.82, 2.24) is 4.90 Å². The van der Waals surface area contributed by atoms with Crippen molar-refractivity contribution < 1.29 is 9.47 Å². The molecule has 96 valence electrons. The van der Waals surface area contributed by atoms with Gasteiger partial charge in [-0.25, -0.2) is 0 Å². The summed E-state index contributed by atoms with van der Waals surface area (Å²) in [6.45, 7) is 0.948. The van der Waals surface area contributed by atoms with E-state index in [-0.39, 0.29) is 6.10 Å². The summed E-state index contributed by atoms with van der Waals surface area (Å²) in [5.74, 6) is 0.844. The lowest BCUT2D eigenvalue weighted by Crippen LogP contribution is -2.38. The maximum Gasteiger partial charge on any atom is 0.285 e. The van der Waals surface area contributed by atoms with Gasteiger partial charge in [-0.2, -0.15) is 0 Å². The number of nitrogens with zero attached hydrogens (tertiary/aromatic N) is 1. The zero-order valence-electron chi connectivity index (χ0n) is 10.6. The molecule has 2 saturated heterocycles. The summed E-state index contributed by atoms with van der Waals surface area (Å²) in [6, 6.07) is 8.62. The van der Waals surface area contributed by atoms with Crippen molar-refractivity contribution in [2.24, 2.45) is 0 Å². The van der Waals surface area contributed by atoms with Crippen LogP contribution in [0.5, 0.6) is 5.75 Å². The van der Waals surface area contributed by atoms with Crippen LogP contribution in [-0.4, -0.2) is 30.6 Å². The molecular formula is C14H18N2O2. The Balaban J connectivity index is 1.89. The minimum absolute atomic E-state index is 0.0205. The molecule has 0 saturated carbocycles. The number of nitrogens with one attached hydrogen (secondary N) is 1. The van der Waals surface area contributed by atoms with Gasteiger partial charge in [0, 0.05) is 6.54 Å². The second-order valence-corrected chi connectivity index (χ2v) is 4.88. The molecule has 2 aliphatic heterocycles. The van der Waals surface area contributed by atoms with E-state index in [1.807, 2.05) is 18.2 Å². The van der Waals surface area contributed by atoms with Crippen LogP contribution in [0.25, 0.3) is 0 Å². The third kappa shape index (κ3) is 1.82. The molecule has 1 aromatic rings. The maximum atomic E-state index is 7.92. The van der Waals surface area contributed by atoms with Crippen LogP contribution in [0.1, 0.15) is 30.9 Å². The van der Waals surface area contributed by atoms with Gasteiger partial charge in [-0.3, -0.25) is 5.41 Å². The Morgan fingerprint density at radius 3 is 3.11 bits per heavy atom. The SMILES string of the molecule is COc1cccc(C2OC(=N)N3CCCCC23)c1. The summed E-state index contributed by atoms with van der Waals surface area (Å²) in [6.07, 6.45) is 3.46. The summed E-state index contributed by atoms with van der Waals surface area (Å²) < 4.78 is 11.0. The average molecular weight is 246 g/mol. The van der Waals surface area contributed by atoms with Crippen molar-refractivity contribution in [2.75, 3.05) is 13.7 Å². The van der Waals surface area contributed by atoms with Crippen molar-refractivity contribution in [2.45, 2.75) is 31.4 Å². The first-order chi connectivity index (χ1) is 8.79. The number of benzene rings is 1. The predicted octanol–water partition coefficient (Wildman–Crippen LogP) is 2.56. The molecule has 4 nitrogen and oxygen atoms in total. The second-order valence-electron chi connectivity index (χ2n) is 4.88. The number of hydrogen-bond donors (Lipinski definition) is 1. The Labute approximate surface area is 107 Å². The monoisotopic (exact) mass is 246 g/mol. The molecule has 2 fully saturated rings. The molecular weight excluding hydrogens is 228 g/mol. The highest BCUT2D eigenvalue weighted by Crippen LogP contribution is 2.38. The first-order valence-electron chi connectivity index (χ1n) is 6.45. The number of amidine groups is 1. The summed E-state index contributed by atoms with van der Waals surface area (Å²) >= 11 is 0. The summed E-state index contributed by atoms with van der Waals surface area (Å²) in [7, 11) is 1.67. The van der Waals surface area contributed by atoms with Crippen LogP contribution in [0.2, 0.25) is 0 Å². The molecule has 2 unspecified atom stereocenters. The van der Waals surface area contributed by atoms with E-state index in [4.69, 9.17) is 14.9 Å². The maximum absolute atomic E-state index is 7.92. The fourth-order valence-electron chi connectivity index (χ4n) is 2.90. The number of hydrogen-bond acceptors (Lipinski definition) is 3. The summed E-state index contributed by atoms with van der Waals surface area (Å²) in [5.41, 5.74) is 1.11. The van der Waals surface area contributed by atoms with Gasteiger partial charge in [0.15, 0.2) is 0 Å². The lowest BCUT2D eigenvalue weighted by molar-refractivity contribution is 0.167. The number of piperidine rings is 1. The molecule has 0 aromatic heterocycles. The highest BCUT2D eigenvalue weighted by atomic mass is 16.5. The Kier molecular flexibility index (Phi) is 2.86. The van der Waals surface area contributed by atoms with Crippen molar-refractivity contribution >= 4 is 6.02 Å². The van der Waals surface area contributed by atoms with Crippen molar-refractivity contribution in [3.8, 4) is 5.75 Å². The van der Waals surface area contributed by atoms with Gasteiger partial charge in [-0.15, -0.1) is 0 Å². The van der Waals surface area contributed by atoms with Gasteiger partial charge in [-0.1, -0.05) is 12.1 Å². The zero-order valence-corrected chi connectivity index (χ0v) is 10.6. The van der Waals surface area contributed by atoms with Gasteiger partial charge in [0.05, 0.1) is 13.2 Å². The largest absolute Gasteiger partial charge is 0.497 e. The molecule has 1 N–H and O–H groups in total. The van der Waals surface area contributed by atoms with Crippen molar-refractivity contribution in [3.63, 3.8) is 0 Å². The van der Waals surface area contributed by atoms with E-state index in [0.717, 1.165) is 30.7 Å². The first-order valence-corrected chi connectivity index (χ1v) is 6.45. The van der Waals surface area contributed by atoms with Gasteiger partial charge in [-0.05, 0) is 37.0 Å². The topological polar surface area (TPSA) is 45.6 Å². The van der Waals surface area contributed by atoms with Crippen LogP contribution in [0.4, 0.5) is 0 Å². The van der Waals surface area contributed by atoms with Crippen LogP contribution in [0.3, 0.4) is 0 Å². The van der Waals surface area contributed by atoms with E-state index in [1.54, 1.807) is 7.11 Å². The molecule has 0 amide bonds. The molecule has 0 aliphatic carbocycles. The molecule has 18 heavy (non-hydrogen) atoms. The number of fused-ring (bicyclic) bond motifs is 1. The predicted molar refractivity (Wildman–Crippen MR) is 68.9 cm³/mol. The average Bonchev–Trinajstić information content (AvgIpc) is 2.77. The molecule has 4 heteroatoms. The lowest BCUT2D eigenvalue weighted by atomic mass is 9.94. The summed E-state index contributed by atoms with van der Waals surface area (Å²) in [5, 5.41) is 7.92. The first kappa shape index (κ1) is 11.4. The highest BCUT2D eigenvalue weighted by Gasteiger charge is 2.41. The zero-order chi connectivity index (χ0) is 12.5. The van der Waals surface area contributed by atoms with Crippen LogP contribution < -0.4 is 4.74 Å². The van der Waals surface area contributed by atoms with Crippen molar-refractivity contribution in [1.29, 1.82) is 5.41 Å². The Hall–Kier alpha value is -1.71. The fourth-order valence-corrected chi connectivity index (χ4v) is 2.90. The molecule has 1 aromatic carbocycles. The third-order valence-corrected chi connectivity index (χ3v) is 3.82. The fraction of sp³-hybridized carbons (Fsp3) is 0.500. The van der Waals surface area contributed by atoms with Gasteiger partial charge in [0.2, 0.25) is 0 Å². The van der Waals surface area contributed by atoms with Gasteiger partial charge < -0.3 is 14.4 Å². The highest BCUT2D eigenvalue weighted by molar-refractivity contribution is 5.73. The van der Waals surface area contributed by atoms with E-state index >= 15 is 0 Å². The Morgan fingerprint density at radius 2 is 2.28 bits per heavy atom. The van der Waals surface area contributed by atoms with Crippen molar-refractivity contribution in [3.05, 3.63) is 29.8 Å². The van der Waals surface area contributed by atoms with Crippen LogP contribution in [0.15, 0.2) is 24.3 Å². The van der Waals surface area contributed by atoms with Crippen LogP contribution in [0, 0.1) is 5.41 Å². The van der Waals surface area contributed by atoms with Crippen LogP contribution in [-0.2, 0) is 4.74 Å². The van der Waals surface area contributed by atoms with Gasteiger partial charge >= 0.3 is 0 Å². The standard InChI is InChI=1S/C14H18N2O2/c1-17-11-6-4-5-10(9-11)13-12-7-2-3-8-16(12)14(15)18-13/h4-6,9,12-13,15H,2-3,7-8H2,1H3. The van der Waals surface area contributed by atoms with E-state index in [9.17, 15) is 0 Å². The van der Waals surface area contributed by atoms with Gasteiger partial charge in [0.25, 0.3) is 6.02 Å². The molecule has 3 rings (SSSR count). The smallest absolute Gasteiger partial charge is 0.285 e. The molecule has 0 spiro atoms. The van der Waals surface area contributed by atoms with E-state index in [1.165, 1.54) is 6.42 Å². The lowest BCUT2D eigenvalue weighted by Gasteiger charge is -2.29. The third-order valence-electron chi connectivity index (χ3n) is 3.82. The quantitative estimate of drug-likeness (QED) is 0.872. The normalized spacial score (nSPS) is 26.7. The Morgan fingerprint density at radius 1 is 1.39 bits per heavy atom. The van der Waals surface area contributed by atoms with Gasteiger partial charge in [0.1, 0.15) is 11.9 Å². The molecule has 0 radical (unpaired) electrons. The molecule has 2 heterocycles. The Bertz CT molecular complexity index is 461. The van der Waals surface area contributed by atoms with Crippen LogP contribution >= 0.6 is 0 Å². The minimum atomic E-state index is -0.0205. The number of ether oxygens (including phenoxy) is 2.